The highest BCUT2D eigenvalue weighted by atomic mass is 16.5. The molecule has 2 atom stereocenters. The Bertz CT molecular complexity index is 186. The fourth-order valence-corrected chi connectivity index (χ4v) is 2.92. The second kappa shape index (κ2) is 6.61. The SMILES string of the molecule is COCCCN[C@@H]1CCCC[C@@H]1C(C)(C)C. The van der Waals surface area contributed by atoms with Gasteiger partial charge in [-0.2, -0.15) is 0 Å². The molecule has 1 saturated carbocycles. The first kappa shape index (κ1) is 14.0. The predicted molar refractivity (Wildman–Crippen MR) is 69.7 cm³/mol. The maximum absolute atomic E-state index is 5.09. The largest absolute Gasteiger partial charge is 0.385 e. The molecule has 16 heavy (non-hydrogen) atoms. The fourth-order valence-electron chi connectivity index (χ4n) is 2.92. The third-order valence-electron chi connectivity index (χ3n) is 3.81. The van der Waals surface area contributed by atoms with Crippen molar-refractivity contribution in [1.82, 2.24) is 5.32 Å². The molecule has 0 heterocycles. The number of hydrogen-bond donors (Lipinski definition) is 1. The molecule has 1 N–H and O–H groups in total. The molecule has 0 aliphatic heterocycles. The second-order valence-electron chi connectivity index (χ2n) is 6.16. The molecule has 0 saturated heterocycles. The van der Waals surface area contributed by atoms with Crippen LogP contribution in [0.5, 0.6) is 0 Å². The lowest BCUT2D eigenvalue weighted by molar-refractivity contribution is 0.127. The van der Waals surface area contributed by atoms with E-state index < -0.39 is 0 Å². The third-order valence-corrected chi connectivity index (χ3v) is 3.81. The minimum absolute atomic E-state index is 0.444. The van der Waals surface area contributed by atoms with E-state index in [0.717, 1.165) is 31.5 Å². The summed E-state index contributed by atoms with van der Waals surface area (Å²) in [4.78, 5) is 0. The van der Waals surface area contributed by atoms with Gasteiger partial charge in [-0.05, 0) is 37.1 Å². The Balaban J connectivity index is 2.35. The van der Waals surface area contributed by atoms with E-state index >= 15 is 0 Å². The van der Waals surface area contributed by atoms with Gasteiger partial charge in [-0.25, -0.2) is 0 Å². The molecule has 96 valence electrons. The summed E-state index contributed by atoms with van der Waals surface area (Å²) in [7, 11) is 1.78. The summed E-state index contributed by atoms with van der Waals surface area (Å²) in [6, 6.07) is 0.727. The van der Waals surface area contributed by atoms with Gasteiger partial charge < -0.3 is 10.1 Å². The van der Waals surface area contributed by atoms with Crippen molar-refractivity contribution in [2.45, 2.75) is 58.9 Å². The summed E-state index contributed by atoms with van der Waals surface area (Å²) in [5.41, 5.74) is 0.444. The molecule has 1 aliphatic carbocycles. The standard InChI is InChI=1S/C14H29NO/c1-14(2,3)12-8-5-6-9-13(12)15-10-7-11-16-4/h12-13,15H,5-11H2,1-4H3/t12-,13+/m0/s1. The lowest BCUT2D eigenvalue weighted by Crippen LogP contribution is -2.44. The van der Waals surface area contributed by atoms with Gasteiger partial charge in [-0.1, -0.05) is 33.6 Å². The first-order valence-electron chi connectivity index (χ1n) is 6.78. The predicted octanol–water partition coefficient (Wildman–Crippen LogP) is 3.22. The first-order chi connectivity index (χ1) is 7.55. The van der Waals surface area contributed by atoms with Crippen LogP contribution in [0.1, 0.15) is 52.9 Å². The monoisotopic (exact) mass is 227 g/mol. The highest BCUT2D eigenvalue weighted by Crippen LogP contribution is 2.37. The van der Waals surface area contributed by atoms with Crippen LogP contribution in [0.3, 0.4) is 0 Å². The van der Waals surface area contributed by atoms with E-state index in [4.69, 9.17) is 4.74 Å². The molecule has 0 amide bonds. The lowest BCUT2D eigenvalue weighted by Gasteiger charge is -2.41. The molecule has 0 spiro atoms. The zero-order valence-corrected chi connectivity index (χ0v) is 11.5. The lowest BCUT2D eigenvalue weighted by atomic mass is 9.69. The molecule has 0 unspecified atom stereocenters. The number of rotatable bonds is 5. The van der Waals surface area contributed by atoms with Crippen LogP contribution in [0.15, 0.2) is 0 Å². The van der Waals surface area contributed by atoms with E-state index in [2.05, 4.69) is 26.1 Å². The van der Waals surface area contributed by atoms with Crippen LogP contribution in [0.2, 0.25) is 0 Å². The van der Waals surface area contributed by atoms with Gasteiger partial charge in [0.15, 0.2) is 0 Å². The van der Waals surface area contributed by atoms with Crippen LogP contribution in [-0.2, 0) is 4.74 Å². The van der Waals surface area contributed by atoms with Crippen molar-refractivity contribution in [3.63, 3.8) is 0 Å². The van der Waals surface area contributed by atoms with Crippen molar-refractivity contribution in [3.05, 3.63) is 0 Å². The van der Waals surface area contributed by atoms with Gasteiger partial charge >= 0.3 is 0 Å². The van der Waals surface area contributed by atoms with E-state index in [1.165, 1.54) is 25.7 Å². The van der Waals surface area contributed by atoms with E-state index in [1.807, 2.05) is 0 Å². The van der Waals surface area contributed by atoms with E-state index in [0.29, 0.717) is 5.41 Å². The maximum atomic E-state index is 5.09. The van der Waals surface area contributed by atoms with Crippen molar-refractivity contribution >= 4 is 0 Å². The molecule has 0 aromatic rings. The van der Waals surface area contributed by atoms with Crippen molar-refractivity contribution in [3.8, 4) is 0 Å². The molecule has 0 aromatic heterocycles. The summed E-state index contributed by atoms with van der Waals surface area (Å²) >= 11 is 0. The Labute approximate surface area is 101 Å². The quantitative estimate of drug-likeness (QED) is 0.728. The van der Waals surface area contributed by atoms with Crippen LogP contribution < -0.4 is 5.32 Å². The Hall–Kier alpha value is -0.0800. The summed E-state index contributed by atoms with van der Waals surface area (Å²) in [5.74, 6) is 0.837. The normalized spacial score (nSPS) is 27.0. The van der Waals surface area contributed by atoms with Crippen LogP contribution in [0.25, 0.3) is 0 Å². The number of hydrogen-bond acceptors (Lipinski definition) is 2. The molecule has 0 radical (unpaired) electrons. The second-order valence-corrected chi connectivity index (χ2v) is 6.16. The Kier molecular flexibility index (Phi) is 5.77. The summed E-state index contributed by atoms with van der Waals surface area (Å²) in [6.45, 7) is 9.12. The van der Waals surface area contributed by atoms with Gasteiger partial charge in [0.05, 0.1) is 0 Å². The molecule has 0 bridgehead atoms. The smallest absolute Gasteiger partial charge is 0.0474 e. The van der Waals surface area contributed by atoms with Gasteiger partial charge in [0.1, 0.15) is 0 Å². The molecule has 2 nitrogen and oxygen atoms in total. The van der Waals surface area contributed by atoms with E-state index in [-0.39, 0.29) is 0 Å². The van der Waals surface area contributed by atoms with Gasteiger partial charge in [0.2, 0.25) is 0 Å². The Morgan fingerprint density at radius 3 is 2.50 bits per heavy atom. The fraction of sp³-hybridized carbons (Fsp3) is 1.00. The zero-order chi connectivity index (χ0) is 12.0. The van der Waals surface area contributed by atoms with Crippen LogP contribution in [0, 0.1) is 11.3 Å². The van der Waals surface area contributed by atoms with E-state index in [9.17, 15) is 0 Å². The summed E-state index contributed by atoms with van der Waals surface area (Å²) < 4.78 is 5.09. The molecule has 1 rings (SSSR count). The van der Waals surface area contributed by atoms with Crippen molar-refractivity contribution in [2.75, 3.05) is 20.3 Å². The van der Waals surface area contributed by atoms with Gasteiger partial charge in [-0.3, -0.25) is 0 Å². The van der Waals surface area contributed by atoms with Gasteiger partial charge in [-0.15, -0.1) is 0 Å². The Morgan fingerprint density at radius 2 is 1.88 bits per heavy atom. The molecular formula is C14H29NO. The van der Waals surface area contributed by atoms with E-state index in [1.54, 1.807) is 7.11 Å². The average molecular weight is 227 g/mol. The minimum atomic E-state index is 0.444. The van der Waals surface area contributed by atoms with Crippen molar-refractivity contribution in [1.29, 1.82) is 0 Å². The molecule has 2 heteroatoms. The highest BCUT2D eigenvalue weighted by Gasteiger charge is 2.33. The number of ether oxygens (including phenoxy) is 1. The van der Waals surface area contributed by atoms with Crippen LogP contribution in [0.4, 0.5) is 0 Å². The molecular weight excluding hydrogens is 198 g/mol. The molecule has 1 fully saturated rings. The summed E-state index contributed by atoms with van der Waals surface area (Å²) in [5, 5.41) is 3.73. The highest BCUT2D eigenvalue weighted by molar-refractivity contribution is 4.88. The number of methoxy groups -OCH3 is 1. The third kappa shape index (κ3) is 4.42. The maximum Gasteiger partial charge on any atom is 0.0474 e. The summed E-state index contributed by atoms with van der Waals surface area (Å²) in [6.07, 6.45) is 6.69. The van der Waals surface area contributed by atoms with Gasteiger partial charge in [0.25, 0.3) is 0 Å². The van der Waals surface area contributed by atoms with Gasteiger partial charge in [0, 0.05) is 19.8 Å². The zero-order valence-electron chi connectivity index (χ0n) is 11.5. The minimum Gasteiger partial charge on any atom is -0.385 e. The van der Waals surface area contributed by atoms with Crippen molar-refractivity contribution in [2.24, 2.45) is 11.3 Å². The van der Waals surface area contributed by atoms with Crippen LogP contribution in [-0.4, -0.2) is 26.3 Å². The average Bonchev–Trinajstić information content (AvgIpc) is 2.24. The first-order valence-corrected chi connectivity index (χ1v) is 6.78. The molecule has 0 aromatic carbocycles. The van der Waals surface area contributed by atoms with Crippen LogP contribution >= 0.6 is 0 Å². The van der Waals surface area contributed by atoms with Crippen molar-refractivity contribution < 1.29 is 4.74 Å². The Morgan fingerprint density at radius 1 is 1.19 bits per heavy atom. The molecule has 1 aliphatic rings. The topological polar surface area (TPSA) is 21.3 Å². The number of nitrogens with one attached hydrogen (secondary N) is 1.